The van der Waals surface area contributed by atoms with Gasteiger partial charge in [0.15, 0.2) is 0 Å². The summed E-state index contributed by atoms with van der Waals surface area (Å²) in [6.07, 6.45) is 4.41. The number of hydrogen-bond donors (Lipinski definition) is 2. The molecule has 1 amide bonds. The van der Waals surface area contributed by atoms with Crippen molar-refractivity contribution in [3.8, 4) is 0 Å². The molecule has 116 valence electrons. The predicted molar refractivity (Wildman–Crippen MR) is 88.8 cm³/mol. The van der Waals surface area contributed by atoms with Crippen LogP contribution < -0.4 is 5.43 Å². The lowest BCUT2D eigenvalue weighted by molar-refractivity contribution is -0.121. The summed E-state index contributed by atoms with van der Waals surface area (Å²) >= 11 is 0. The van der Waals surface area contributed by atoms with E-state index in [1.807, 2.05) is 30.5 Å². The number of carbonyl (C=O) groups excluding carboxylic acids is 1. The van der Waals surface area contributed by atoms with Crippen LogP contribution in [0.15, 0.2) is 59.8 Å². The van der Waals surface area contributed by atoms with Gasteiger partial charge in [-0.05, 0) is 35.7 Å². The van der Waals surface area contributed by atoms with Crippen LogP contribution in [0.4, 0.5) is 4.39 Å². The summed E-state index contributed by atoms with van der Waals surface area (Å²) in [5.74, 6) is -0.460. The highest BCUT2D eigenvalue weighted by Gasteiger charge is 2.05. The Kier molecular flexibility index (Phi) is 4.47. The van der Waals surface area contributed by atoms with Crippen LogP contribution in [-0.4, -0.2) is 17.1 Å². The van der Waals surface area contributed by atoms with E-state index in [4.69, 9.17) is 0 Å². The van der Waals surface area contributed by atoms with Crippen molar-refractivity contribution in [1.82, 2.24) is 10.4 Å². The van der Waals surface area contributed by atoms with Gasteiger partial charge in [0.05, 0.1) is 6.21 Å². The standard InChI is InChI=1S/C18H16FN3O/c19-15-8-5-13(6-9-15)11-21-22-18(23)10-7-14-12-20-17-4-2-1-3-16(14)17/h1-6,8-9,11-12,20H,7,10H2,(H,22,23)/b21-11+. The Balaban J connectivity index is 1.52. The Labute approximate surface area is 133 Å². The maximum absolute atomic E-state index is 12.8. The molecular formula is C18H16FN3O. The third-order valence-corrected chi connectivity index (χ3v) is 3.57. The maximum Gasteiger partial charge on any atom is 0.240 e. The van der Waals surface area contributed by atoms with Gasteiger partial charge in [-0.3, -0.25) is 4.79 Å². The number of benzene rings is 2. The number of nitrogens with zero attached hydrogens (tertiary/aromatic N) is 1. The highest BCUT2D eigenvalue weighted by molar-refractivity contribution is 5.85. The van der Waals surface area contributed by atoms with Gasteiger partial charge in [0.2, 0.25) is 5.91 Å². The molecule has 3 rings (SSSR count). The molecule has 5 heteroatoms. The minimum atomic E-state index is -0.301. The Morgan fingerprint density at radius 3 is 2.78 bits per heavy atom. The molecule has 0 saturated heterocycles. The Hall–Kier alpha value is -2.95. The van der Waals surface area contributed by atoms with Gasteiger partial charge in [-0.15, -0.1) is 0 Å². The Morgan fingerprint density at radius 1 is 1.17 bits per heavy atom. The monoisotopic (exact) mass is 309 g/mol. The van der Waals surface area contributed by atoms with Crippen LogP contribution in [0.5, 0.6) is 0 Å². The normalized spacial score (nSPS) is 11.2. The number of nitrogens with one attached hydrogen (secondary N) is 2. The topological polar surface area (TPSA) is 57.2 Å². The van der Waals surface area contributed by atoms with Crippen LogP contribution in [0, 0.1) is 5.82 Å². The molecule has 0 fully saturated rings. The van der Waals surface area contributed by atoms with E-state index in [1.165, 1.54) is 18.3 Å². The van der Waals surface area contributed by atoms with Crippen molar-refractivity contribution in [3.05, 3.63) is 71.7 Å². The highest BCUT2D eigenvalue weighted by atomic mass is 19.1. The number of carbonyl (C=O) groups is 1. The molecular weight excluding hydrogens is 293 g/mol. The van der Waals surface area contributed by atoms with E-state index in [9.17, 15) is 9.18 Å². The van der Waals surface area contributed by atoms with Crippen LogP contribution in [-0.2, 0) is 11.2 Å². The van der Waals surface area contributed by atoms with E-state index in [1.54, 1.807) is 12.1 Å². The summed E-state index contributed by atoms with van der Waals surface area (Å²) in [7, 11) is 0. The molecule has 23 heavy (non-hydrogen) atoms. The number of hydrazone groups is 1. The molecule has 0 aliphatic carbocycles. The molecule has 0 atom stereocenters. The van der Waals surface area contributed by atoms with Crippen molar-refractivity contribution in [2.75, 3.05) is 0 Å². The molecule has 3 aromatic rings. The SMILES string of the molecule is O=C(CCc1c[nH]c2ccccc12)N/N=C/c1ccc(F)cc1. The molecule has 1 heterocycles. The van der Waals surface area contributed by atoms with E-state index in [-0.39, 0.29) is 11.7 Å². The van der Waals surface area contributed by atoms with Gasteiger partial charge in [-0.25, -0.2) is 9.82 Å². The van der Waals surface area contributed by atoms with Gasteiger partial charge in [-0.2, -0.15) is 5.10 Å². The molecule has 0 saturated carbocycles. The lowest BCUT2D eigenvalue weighted by Gasteiger charge is -2.00. The number of rotatable bonds is 5. The van der Waals surface area contributed by atoms with Crippen molar-refractivity contribution >= 4 is 23.0 Å². The fourth-order valence-electron chi connectivity index (χ4n) is 2.37. The number of aromatic nitrogens is 1. The average molecular weight is 309 g/mol. The first-order valence-corrected chi connectivity index (χ1v) is 7.35. The second kappa shape index (κ2) is 6.87. The van der Waals surface area contributed by atoms with Crippen LogP contribution in [0.3, 0.4) is 0 Å². The molecule has 0 aliphatic rings. The third kappa shape index (κ3) is 3.83. The van der Waals surface area contributed by atoms with Crippen LogP contribution in [0.1, 0.15) is 17.5 Å². The second-order valence-corrected chi connectivity index (χ2v) is 5.20. The predicted octanol–water partition coefficient (Wildman–Crippen LogP) is 3.39. The van der Waals surface area contributed by atoms with Crippen molar-refractivity contribution in [2.24, 2.45) is 5.10 Å². The molecule has 2 aromatic carbocycles. The second-order valence-electron chi connectivity index (χ2n) is 5.20. The first kappa shape index (κ1) is 15.0. The van der Waals surface area contributed by atoms with Gasteiger partial charge in [0.25, 0.3) is 0 Å². The van der Waals surface area contributed by atoms with Crippen molar-refractivity contribution in [3.63, 3.8) is 0 Å². The summed E-state index contributed by atoms with van der Waals surface area (Å²) in [6, 6.07) is 13.9. The number of fused-ring (bicyclic) bond motifs is 1. The molecule has 0 unspecified atom stereocenters. The van der Waals surface area contributed by atoms with E-state index in [0.717, 1.165) is 22.0 Å². The molecule has 0 spiro atoms. The van der Waals surface area contributed by atoms with Crippen molar-refractivity contribution in [2.45, 2.75) is 12.8 Å². The maximum atomic E-state index is 12.8. The third-order valence-electron chi connectivity index (χ3n) is 3.57. The summed E-state index contributed by atoms with van der Waals surface area (Å²) in [6.45, 7) is 0. The number of amides is 1. The highest BCUT2D eigenvalue weighted by Crippen LogP contribution is 2.18. The van der Waals surface area contributed by atoms with Gasteiger partial charge in [0, 0.05) is 23.5 Å². The zero-order valence-electron chi connectivity index (χ0n) is 12.4. The number of aromatic amines is 1. The minimum Gasteiger partial charge on any atom is -0.361 e. The molecule has 0 bridgehead atoms. The first-order valence-electron chi connectivity index (χ1n) is 7.35. The van der Waals surface area contributed by atoms with Crippen LogP contribution in [0.2, 0.25) is 0 Å². The number of hydrogen-bond acceptors (Lipinski definition) is 2. The first-order chi connectivity index (χ1) is 11.2. The van der Waals surface area contributed by atoms with E-state index in [0.29, 0.717) is 12.8 Å². The lowest BCUT2D eigenvalue weighted by atomic mass is 10.1. The lowest BCUT2D eigenvalue weighted by Crippen LogP contribution is -2.17. The average Bonchev–Trinajstić information content (AvgIpc) is 2.98. The van der Waals surface area contributed by atoms with Gasteiger partial charge < -0.3 is 4.98 Å². The zero-order valence-corrected chi connectivity index (χ0v) is 12.4. The summed E-state index contributed by atoms with van der Waals surface area (Å²) in [4.78, 5) is 15.0. The van der Waals surface area contributed by atoms with E-state index in [2.05, 4.69) is 15.5 Å². The smallest absolute Gasteiger partial charge is 0.240 e. The number of H-pyrrole nitrogens is 1. The van der Waals surface area contributed by atoms with Gasteiger partial charge >= 0.3 is 0 Å². The Bertz CT molecular complexity index is 837. The van der Waals surface area contributed by atoms with E-state index >= 15 is 0 Å². The largest absolute Gasteiger partial charge is 0.361 e. The fraction of sp³-hybridized carbons (Fsp3) is 0.111. The van der Waals surface area contributed by atoms with Gasteiger partial charge in [-0.1, -0.05) is 30.3 Å². The number of aryl methyl sites for hydroxylation is 1. The van der Waals surface area contributed by atoms with E-state index < -0.39 is 0 Å². The summed E-state index contributed by atoms with van der Waals surface area (Å²) in [5.41, 5.74) is 5.38. The van der Waals surface area contributed by atoms with Crippen LogP contribution >= 0.6 is 0 Å². The quantitative estimate of drug-likeness (QED) is 0.551. The van der Waals surface area contributed by atoms with Gasteiger partial charge in [0.1, 0.15) is 5.82 Å². The number of halogens is 1. The zero-order chi connectivity index (χ0) is 16.1. The van der Waals surface area contributed by atoms with Crippen LogP contribution in [0.25, 0.3) is 10.9 Å². The molecule has 0 radical (unpaired) electrons. The number of para-hydroxylation sites is 1. The van der Waals surface area contributed by atoms with Crippen molar-refractivity contribution < 1.29 is 9.18 Å². The molecule has 4 nitrogen and oxygen atoms in total. The molecule has 2 N–H and O–H groups in total. The molecule has 0 aliphatic heterocycles. The fourth-order valence-corrected chi connectivity index (χ4v) is 2.37. The molecule has 1 aromatic heterocycles. The minimum absolute atomic E-state index is 0.159. The van der Waals surface area contributed by atoms with Crippen molar-refractivity contribution in [1.29, 1.82) is 0 Å². The Morgan fingerprint density at radius 2 is 1.96 bits per heavy atom. The summed E-state index contributed by atoms with van der Waals surface area (Å²) in [5, 5.41) is 5.01. The summed E-state index contributed by atoms with van der Waals surface area (Å²) < 4.78 is 12.8.